The molecule has 5 heteroatoms. The molecule has 0 bridgehead atoms. The number of fused-ring (bicyclic) bond motifs is 1. The van der Waals surface area contributed by atoms with Crippen molar-refractivity contribution in [2.24, 2.45) is 5.41 Å². The number of pyridine rings is 1. The Balaban J connectivity index is 1.65. The summed E-state index contributed by atoms with van der Waals surface area (Å²) in [6, 6.07) is 7.63. The minimum absolute atomic E-state index is 0.0139. The molecule has 2 aromatic rings. The van der Waals surface area contributed by atoms with E-state index >= 15 is 0 Å². The first-order valence-electron chi connectivity index (χ1n) is 8.46. The quantitative estimate of drug-likeness (QED) is 0.720. The van der Waals surface area contributed by atoms with Crippen molar-refractivity contribution < 1.29 is 18.3 Å². The highest BCUT2D eigenvalue weighted by atomic mass is 19.3. The fourth-order valence-corrected chi connectivity index (χ4v) is 4.20. The molecule has 0 aliphatic heterocycles. The van der Waals surface area contributed by atoms with Crippen LogP contribution in [0.4, 0.5) is 8.78 Å². The van der Waals surface area contributed by atoms with Crippen molar-refractivity contribution in [3.63, 3.8) is 0 Å². The second-order valence-corrected chi connectivity index (χ2v) is 7.24. The number of rotatable bonds is 2. The number of hydrogen-bond acceptors (Lipinski definition) is 3. The number of nitrogens with zero attached hydrogens (tertiary/aromatic N) is 1. The van der Waals surface area contributed by atoms with E-state index in [1.165, 1.54) is 13.3 Å². The monoisotopic (exact) mass is 343 g/mol. The van der Waals surface area contributed by atoms with Gasteiger partial charge < -0.3 is 4.74 Å². The minimum atomic E-state index is -2.48. The molecule has 1 fully saturated rings. The van der Waals surface area contributed by atoms with E-state index in [-0.39, 0.29) is 18.3 Å². The first-order chi connectivity index (χ1) is 11.9. The number of para-hydroxylation sites is 1. The van der Waals surface area contributed by atoms with Crippen molar-refractivity contribution in [3.8, 4) is 0 Å². The predicted octanol–water partition coefficient (Wildman–Crippen LogP) is 5.00. The van der Waals surface area contributed by atoms with Gasteiger partial charge in [-0.2, -0.15) is 0 Å². The number of hydrogen-bond donors (Lipinski definition) is 0. The second kappa shape index (κ2) is 5.61. The molecule has 25 heavy (non-hydrogen) atoms. The van der Waals surface area contributed by atoms with Crippen LogP contribution in [0.1, 0.15) is 48.0 Å². The summed E-state index contributed by atoms with van der Waals surface area (Å²) in [5.41, 5.74) is 3.22. The van der Waals surface area contributed by atoms with Gasteiger partial charge in [-0.1, -0.05) is 24.3 Å². The van der Waals surface area contributed by atoms with Crippen molar-refractivity contribution >= 4 is 22.4 Å². The van der Waals surface area contributed by atoms with Gasteiger partial charge in [0.1, 0.15) is 0 Å². The maximum atomic E-state index is 13.3. The summed E-state index contributed by atoms with van der Waals surface area (Å²) in [6.45, 7) is 0. The Morgan fingerprint density at radius 2 is 2.08 bits per heavy atom. The molecule has 1 aromatic heterocycles. The van der Waals surface area contributed by atoms with Gasteiger partial charge in [-0.05, 0) is 36.3 Å². The largest absolute Gasteiger partial charge is 0.465 e. The highest BCUT2D eigenvalue weighted by Gasteiger charge is 2.55. The lowest BCUT2D eigenvalue weighted by Crippen LogP contribution is -2.46. The van der Waals surface area contributed by atoms with E-state index in [9.17, 15) is 13.6 Å². The van der Waals surface area contributed by atoms with Gasteiger partial charge in [-0.25, -0.2) is 13.6 Å². The van der Waals surface area contributed by atoms with E-state index in [1.807, 2.05) is 18.2 Å². The fourth-order valence-electron chi connectivity index (χ4n) is 4.20. The lowest BCUT2D eigenvalue weighted by atomic mass is 9.59. The average Bonchev–Trinajstić information content (AvgIpc) is 2.59. The molecule has 0 atom stereocenters. The maximum Gasteiger partial charge on any atom is 0.339 e. The third-order valence-corrected chi connectivity index (χ3v) is 5.45. The number of alkyl halides is 2. The number of carbonyl (C=O) groups is 1. The SMILES string of the molecule is COC(=O)c1cnc2c(C3=CCC4(CC3)CC(F)(F)C4)cccc2c1. The molecule has 0 amide bonds. The van der Waals surface area contributed by atoms with Gasteiger partial charge in [0.25, 0.3) is 0 Å². The van der Waals surface area contributed by atoms with Crippen LogP contribution in [0.5, 0.6) is 0 Å². The molecular formula is C20H19F2NO2. The van der Waals surface area contributed by atoms with Gasteiger partial charge in [0.15, 0.2) is 0 Å². The third-order valence-electron chi connectivity index (χ3n) is 5.45. The molecule has 3 nitrogen and oxygen atoms in total. The molecule has 130 valence electrons. The Hall–Kier alpha value is -2.30. The van der Waals surface area contributed by atoms with Crippen LogP contribution in [0.2, 0.25) is 0 Å². The van der Waals surface area contributed by atoms with Crippen LogP contribution in [0.15, 0.2) is 36.5 Å². The maximum absolute atomic E-state index is 13.3. The number of esters is 1. The van der Waals surface area contributed by atoms with E-state index in [1.54, 1.807) is 6.07 Å². The molecule has 1 aromatic carbocycles. The summed E-state index contributed by atoms with van der Waals surface area (Å²) in [4.78, 5) is 16.1. The van der Waals surface area contributed by atoms with Crippen LogP contribution in [-0.2, 0) is 4.74 Å². The molecule has 1 heterocycles. The first kappa shape index (κ1) is 16.2. The fraction of sp³-hybridized carbons (Fsp3) is 0.400. The van der Waals surface area contributed by atoms with Crippen molar-refractivity contribution in [1.82, 2.24) is 4.98 Å². The summed E-state index contributed by atoms with van der Waals surface area (Å²) < 4.78 is 31.3. The lowest BCUT2D eigenvalue weighted by Gasteiger charge is -2.49. The first-order valence-corrected chi connectivity index (χ1v) is 8.46. The third kappa shape index (κ3) is 2.81. The van der Waals surface area contributed by atoms with Gasteiger partial charge in [-0.3, -0.25) is 4.98 Å². The number of benzene rings is 1. The molecule has 1 saturated carbocycles. The van der Waals surface area contributed by atoms with Gasteiger partial charge in [-0.15, -0.1) is 0 Å². The number of ether oxygens (including phenoxy) is 1. The van der Waals surface area contributed by atoms with E-state index in [0.717, 1.165) is 34.9 Å². The molecule has 4 rings (SSSR count). The van der Waals surface area contributed by atoms with Crippen LogP contribution in [0, 0.1) is 5.41 Å². The van der Waals surface area contributed by atoms with Crippen LogP contribution in [-0.4, -0.2) is 24.0 Å². The summed E-state index contributed by atoms with van der Waals surface area (Å²) in [7, 11) is 1.34. The van der Waals surface area contributed by atoms with Crippen molar-refractivity contribution in [2.45, 2.75) is 38.0 Å². The standard InChI is InChI=1S/C20H19F2NO2/c1-25-18(24)15-9-14-3-2-4-16(17(14)23-10-15)13-5-7-19(8-6-13)11-20(21,22)12-19/h2-5,9-10H,6-8,11-12H2,1H3. The van der Waals surface area contributed by atoms with E-state index in [2.05, 4.69) is 11.1 Å². The molecule has 0 N–H and O–H groups in total. The van der Waals surface area contributed by atoms with Crippen LogP contribution >= 0.6 is 0 Å². The molecule has 2 aliphatic rings. The zero-order chi connectivity index (χ0) is 17.7. The topological polar surface area (TPSA) is 39.2 Å². The molecule has 2 aliphatic carbocycles. The highest BCUT2D eigenvalue weighted by molar-refractivity contribution is 5.97. The number of carbonyl (C=O) groups excluding carboxylic acids is 1. The molecule has 0 saturated heterocycles. The second-order valence-electron chi connectivity index (χ2n) is 7.24. The van der Waals surface area contributed by atoms with E-state index < -0.39 is 11.9 Å². The Bertz CT molecular complexity index is 880. The predicted molar refractivity (Wildman–Crippen MR) is 91.5 cm³/mol. The van der Waals surface area contributed by atoms with E-state index in [4.69, 9.17) is 4.74 Å². The molecule has 1 spiro atoms. The van der Waals surface area contributed by atoms with Gasteiger partial charge in [0.05, 0.1) is 18.2 Å². The normalized spacial score (nSPS) is 20.8. The Morgan fingerprint density at radius 3 is 2.72 bits per heavy atom. The Morgan fingerprint density at radius 1 is 1.28 bits per heavy atom. The number of aromatic nitrogens is 1. The van der Waals surface area contributed by atoms with Crippen molar-refractivity contribution in [2.75, 3.05) is 7.11 Å². The molecular weight excluding hydrogens is 324 g/mol. The van der Waals surface area contributed by atoms with E-state index in [0.29, 0.717) is 12.0 Å². The number of allylic oxidation sites excluding steroid dienone is 2. The number of methoxy groups -OCH3 is 1. The van der Waals surface area contributed by atoms with Gasteiger partial charge >= 0.3 is 5.97 Å². The minimum Gasteiger partial charge on any atom is -0.465 e. The van der Waals surface area contributed by atoms with Crippen LogP contribution in [0.25, 0.3) is 16.5 Å². The number of halogens is 2. The molecule has 0 unspecified atom stereocenters. The van der Waals surface area contributed by atoms with Crippen molar-refractivity contribution in [3.05, 3.63) is 47.7 Å². The molecule has 0 radical (unpaired) electrons. The zero-order valence-corrected chi connectivity index (χ0v) is 14.0. The Kier molecular flexibility index (Phi) is 3.63. The Labute approximate surface area is 144 Å². The van der Waals surface area contributed by atoms with Crippen LogP contribution < -0.4 is 0 Å². The van der Waals surface area contributed by atoms with Gasteiger partial charge in [0, 0.05) is 30.0 Å². The summed E-state index contributed by atoms with van der Waals surface area (Å²) in [5.74, 6) is -2.89. The smallest absolute Gasteiger partial charge is 0.339 e. The summed E-state index contributed by atoms with van der Waals surface area (Å²) >= 11 is 0. The summed E-state index contributed by atoms with van der Waals surface area (Å²) in [6.07, 6.45) is 5.94. The zero-order valence-electron chi connectivity index (χ0n) is 14.0. The van der Waals surface area contributed by atoms with Crippen molar-refractivity contribution in [1.29, 1.82) is 0 Å². The highest BCUT2D eigenvalue weighted by Crippen LogP contribution is 2.59. The van der Waals surface area contributed by atoms with Crippen LogP contribution in [0.3, 0.4) is 0 Å². The average molecular weight is 343 g/mol. The lowest BCUT2D eigenvalue weighted by molar-refractivity contribution is -0.163. The van der Waals surface area contributed by atoms with Gasteiger partial charge in [0.2, 0.25) is 5.92 Å². The summed E-state index contributed by atoms with van der Waals surface area (Å²) in [5, 5.41) is 0.872.